The Bertz CT molecular complexity index is 445. The third-order valence-electron chi connectivity index (χ3n) is 2.52. The van der Waals surface area contributed by atoms with Crippen molar-refractivity contribution in [2.75, 3.05) is 5.75 Å². The highest BCUT2D eigenvalue weighted by Crippen LogP contribution is 2.30. The molecule has 14 heavy (non-hydrogen) atoms. The lowest BCUT2D eigenvalue weighted by atomic mass is 10.1. The smallest absolute Gasteiger partial charge is 0.182 e. The molecular formula is C9H14N2O2S. The van der Waals surface area contributed by atoms with Crippen molar-refractivity contribution in [2.24, 2.45) is 0 Å². The van der Waals surface area contributed by atoms with E-state index in [0.29, 0.717) is 17.0 Å². The number of nitrogens with one attached hydrogen (secondary N) is 1. The van der Waals surface area contributed by atoms with E-state index in [1.54, 1.807) is 0 Å². The Labute approximate surface area is 83.6 Å². The number of aryl methyl sites for hydroxylation is 1. The minimum Gasteiger partial charge on any atom is -0.281 e. The molecule has 2 rings (SSSR count). The molecular weight excluding hydrogens is 200 g/mol. The fraction of sp³-hybridized carbons (Fsp3) is 0.667. The molecule has 0 aromatic carbocycles. The molecule has 4 nitrogen and oxygen atoms in total. The minimum absolute atomic E-state index is 0.155. The van der Waals surface area contributed by atoms with Crippen molar-refractivity contribution in [1.29, 1.82) is 0 Å². The van der Waals surface area contributed by atoms with E-state index in [0.717, 1.165) is 12.1 Å². The molecule has 0 saturated carbocycles. The lowest BCUT2D eigenvalue weighted by Gasteiger charge is -2.13. The third-order valence-corrected chi connectivity index (χ3v) is 4.42. The molecule has 0 atom stereocenters. The molecule has 0 radical (unpaired) electrons. The van der Waals surface area contributed by atoms with Gasteiger partial charge in [-0.15, -0.1) is 0 Å². The highest BCUT2D eigenvalue weighted by Gasteiger charge is 2.30. The van der Waals surface area contributed by atoms with Crippen LogP contribution in [0.4, 0.5) is 0 Å². The Morgan fingerprint density at radius 1 is 1.43 bits per heavy atom. The highest BCUT2D eigenvalue weighted by molar-refractivity contribution is 7.91. The molecule has 5 heteroatoms. The molecule has 2 heterocycles. The van der Waals surface area contributed by atoms with Crippen LogP contribution in [0.2, 0.25) is 0 Å². The van der Waals surface area contributed by atoms with Crippen molar-refractivity contribution in [1.82, 2.24) is 10.2 Å². The van der Waals surface area contributed by atoms with Gasteiger partial charge in [-0.3, -0.25) is 5.10 Å². The van der Waals surface area contributed by atoms with Crippen LogP contribution in [0, 0.1) is 0 Å². The largest absolute Gasteiger partial charge is 0.281 e. The fourth-order valence-electron chi connectivity index (χ4n) is 1.83. The molecule has 0 fully saturated rings. The van der Waals surface area contributed by atoms with E-state index in [1.807, 2.05) is 13.8 Å². The normalized spacial score (nSPS) is 19.6. The topological polar surface area (TPSA) is 62.8 Å². The second kappa shape index (κ2) is 3.08. The van der Waals surface area contributed by atoms with Gasteiger partial charge in [0.05, 0.1) is 17.1 Å². The summed E-state index contributed by atoms with van der Waals surface area (Å²) in [5.41, 5.74) is 1.49. The number of aromatic nitrogens is 2. The molecule has 1 N–H and O–H groups in total. The third kappa shape index (κ3) is 1.35. The van der Waals surface area contributed by atoms with Crippen LogP contribution in [0.5, 0.6) is 0 Å². The summed E-state index contributed by atoms with van der Waals surface area (Å²) >= 11 is 0. The van der Waals surface area contributed by atoms with Gasteiger partial charge in [0.1, 0.15) is 4.90 Å². The average Bonchev–Trinajstić information content (AvgIpc) is 2.48. The Balaban J connectivity index is 2.65. The van der Waals surface area contributed by atoms with Crippen LogP contribution in [0.25, 0.3) is 0 Å². The summed E-state index contributed by atoms with van der Waals surface area (Å²) in [6, 6.07) is 0. The van der Waals surface area contributed by atoms with Crippen molar-refractivity contribution in [3.8, 4) is 0 Å². The Hall–Kier alpha value is -0.840. The standard InChI is InChI=1S/C9H14N2O2S/c1-6(2)8-9-7(10-11-8)4-3-5-14(9,12)13/h6H,3-5H2,1-2H3,(H,10,11). The number of fused-ring (bicyclic) bond motifs is 1. The number of sulfone groups is 1. The summed E-state index contributed by atoms with van der Waals surface area (Å²) in [6.45, 7) is 3.92. The van der Waals surface area contributed by atoms with Gasteiger partial charge in [-0.05, 0) is 18.8 Å². The molecule has 0 spiro atoms. The molecule has 1 aromatic rings. The van der Waals surface area contributed by atoms with Crippen LogP contribution in [0.3, 0.4) is 0 Å². The Morgan fingerprint density at radius 2 is 2.14 bits per heavy atom. The van der Waals surface area contributed by atoms with Crippen molar-refractivity contribution < 1.29 is 8.42 Å². The van der Waals surface area contributed by atoms with E-state index in [-0.39, 0.29) is 11.7 Å². The maximum absolute atomic E-state index is 11.8. The minimum atomic E-state index is -3.07. The van der Waals surface area contributed by atoms with Crippen molar-refractivity contribution in [2.45, 2.75) is 37.5 Å². The fourth-order valence-corrected chi connectivity index (χ4v) is 3.68. The first-order chi connectivity index (χ1) is 6.52. The van der Waals surface area contributed by atoms with Crippen LogP contribution >= 0.6 is 0 Å². The summed E-state index contributed by atoms with van der Waals surface area (Å²) in [5.74, 6) is 0.419. The predicted octanol–water partition coefficient (Wildman–Crippen LogP) is 1.25. The van der Waals surface area contributed by atoms with Crippen molar-refractivity contribution >= 4 is 9.84 Å². The zero-order chi connectivity index (χ0) is 10.3. The van der Waals surface area contributed by atoms with E-state index < -0.39 is 9.84 Å². The second-order valence-corrected chi connectivity index (χ2v) is 6.04. The van der Waals surface area contributed by atoms with E-state index in [4.69, 9.17) is 0 Å². The van der Waals surface area contributed by atoms with Crippen molar-refractivity contribution in [3.63, 3.8) is 0 Å². The SMILES string of the molecule is CC(C)c1n[nH]c2c1S(=O)(=O)CCC2. The first-order valence-electron chi connectivity index (χ1n) is 4.82. The van der Waals surface area contributed by atoms with Gasteiger partial charge in [-0.2, -0.15) is 5.10 Å². The van der Waals surface area contributed by atoms with Gasteiger partial charge in [0.2, 0.25) is 0 Å². The first-order valence-corrected chi connectivity index (χ1v) is 6.47. The number of H-pyrrole nitrogens is 1. The molecule has 0 bridgehead atoms. The van der Waals surface area contributed by atoms with E-state index in [9.17, 15) is 8.42 Å². The van der Waals surface area contributed by atoms with Gasteiger partial charge in [-0.25, -0.2) is 8.42 Å². The van der Waals surface area contributed by atoms with Crippen molar-refractivity contribution in [3.05, 3.63) is 11.4 Å². The van der Waals surface area contributed by atoms with Gasteiger partial charge in [0.25, 0.3) is 0 Å². The van der Waals surface area contributed by atoms with Crippen LogP contribution in [0.1, 0.15) is 37.6 Å². The summed E-state index contributed by atoms with van der Waals surface area (Å²) < 4.78 is 23.6. The molecule has 0 amide bonds. The predicted molar refractivity (Wildman–Crippen MR) is 53.1 cm³/mol. The molecule has 0 unspecified atom stereocenters. The quantitative estimate of drug-likeness (QED) is 0.765. The molecule has 0 aliphatic carbocycles. The molecule has 1 aromatic heterocycles. The number of nitrogens with zero attached hydrogens (tertiary/aromatic N) is 1. The first kappa shape index (κ1) is 9.71. The van der Waals surface area contributed by atoms with Gasteiger partial charge < -0.3 is 0 Å². The lowest BCUT2D eigenvalue weighted by Crippen LogP contribution is -2.16. The zero-order valence-corrected chi connectivity index (χ0v) is 9.19. The second-order valence-electron chi connectivity index (χ2n) is 3.99. The number of aromatic amines is 1. The molecule has 78 valence electrons. The van der Waals surface area contributed by atoms with Crippen LogP contribution < -0.4 is 0 Å². The number of hydrogen-bond acceptors (Lipinski definition) is 3. The molecule has 1 aliphatic heterocycles. The summed E-state index contributed by atoms with van der Waals surface area (Å²) in [7, 11) is -3.07. The van der Waals surface area contributed by atoms with Gasteiger partial charge in [-0.1, -0.05) is 13.8 Å². The average molecular weight is 214 g/mol. The zero-order valence-electron chi connectivity index (χ0n) is 8.37. The Kier molecular flexibility index (Phi) is 2.14. The maximum Gasteiger partial charge on any atom is 0.182 e. The van der Waals surface area contributed by atoms with Gasteiger partial charge in [0.15, 0.2) is 9.84 Å². The summed E-state index contributed by atoms with van der Waals surface area (Å²) in [6.07, 6.45) is 1.50. The van der Waals surface area contributed by atoms with Gasteiger partial charge >= 0.3 is 0 Å². The van der Waals surface area contributed by atoms with Crippen LogP contribution in [-0.4, -0.2) is 24.4 Å². The number of rotatable bonds is 1. The molecule has 1 aliphatic rings. The van der Waals surface area contributed by atoms with Crippen LogP contribution in [0.15, 0.2) is 4.90 Å². The monoisotopic (exact) mass is 214 g/mol. The van der Waals surface area contributed by atoms with E-state index >= 15 is 0 Å². The van der Waals surface area contributed by atoms with Crippen LogP contribution in [-0.2, 0) is 16.3 Å². The highest BCUT2D eigenvalue weighted by atomic mass is 32.2. The lowest BCUT2D eigenvalue weighted by molar-refractivity contribution is 0.583. The van der Waals surface area contributed by atoms with E-state index in [1.165, 1.54) is 0 Å². The van der Waals surface area contributed by atoms with Gasteiger partial charge in [0, 0.05) is 0 Å². The summed E-state index contributed by atoms with van der Waals surface area (Å²) in [5, 5.41) is 6.92. The summed E-state index contributed by atoms with van der Waals surface area (Å²) in [4.78, 5) is 0.471. The van der Waals surface area contributed by atoms with E-state index in [2.05, 4.69) is 10.2 Å². The number of hydrogen-bond donors (Lipinski definition) is 1. The molecule has 0 saturated heterocycles. The maximum atomic E-state index is 11.8. The Morgan fingerprint density at radius 3 is 2.79 bits per heavy atom.